The third-order valence-corrected chi connectivity index (χ3v) is 3.67. The van der Waals surface area contributed by atoms with Crippen molar-refractivity contribution >= 4 is 11.6 Å². The molecule has 1 aliphatic heterocycles. The minimum Gasteiger partial charge on any atom is -0.353 e. The Kier molecular flexibility index (Phi) is 2.77. The van der Waals surface area contributed by atoms with Gasteiger partial charge in [0.15, 0.2) is 0 Å². The molecule has 1 atom stereocenters. The van der Waals surface area contributed by atoms with Gasteiger partial charge in [0.25, 0.3) is 5.78 Å². The van der Waals surface area contributed by atoms with Crippen molar-refractivity contribution < 1.29 is 0 Å². The lowest BCUT2D eigenvalue weighted by atomic mass is 10.0. The molecule has 3 heterocycles. The predicted octanol–water partition coefficient (Wildman–Crippen LogP) is 1.19. The largest absolute Gasteiger partial charge is 0.353 e. The van der Waals surface area contributed by atoms with Gasteiger partial charge in [-0.2, -0.15) is 4.98 Å². The second kappa shape index (κ2) is 4.44. The molecular formula is C12H17N5O. The van der Waals surface area contributed by atoms with Crippen molar-refractivity contribution in [2.45, 2.75) is 38.6 Å². The standard InChI is InChI=1S/C12H17N5O/c1-2-9-5-3-4-7-16(9)10-6-8-17-11(13-10)14-15-12(17)18/h6,8-9H,2-5,7H2,1H3,(H,15,18). The van der Waals surface area contributed by atoms with Crippen LogP contribution in [0.5, 0.6) is 0 Å². The van der Waals surface area contributed by atoms with Gasteiger partial charge >= 0.3 is 5.69 Å². The lowest BCUT2D eigenvalue weighted by Gasteiger charge is -2.36. The highest BCUT2D eigenvalue weighted by molar-refractivity contribution is 5.45. The van der Waals surface area contributed by atoms with Crippen LogP contribution < -0.4 is 10.6 Å². The second-order valence-electron chi connectivity index (χ2n) is 4.74. The topological polar surface area (TPSA) is 66.3 Å². The molecule has 1 fully saturated rings. The summed E-state index contributed by atoms with van der Waals surface area (Å²) in [5, 5.41) is 6.32. The molecule has 0 spiro atoms. The molecule has 6 nitrogen and oxygen atoms in total. The van der Waals surface area contributed by atoms with Crippen LogP contribution in [0.3, 0.4) is 0 Å². The van der Waals surface area contributed by atoms with Crippen molar-refractivity contribution in [1.82, 2.24) is 19.6 Å². The molecule has 0 radical (unpaired) electrons. The third kappa shape index (κ3) is 1.77. The van der Waals surface area contributed by atoms with Crippen LogP contribution in [0.15, 0.2) is 17.1 Å². The Morgan fingerprint density at radius 1 is 1.50 bits per heavy atom. The molecule has 0 bridgehead atoms. The van der Waals surface area contributed by atoms with Gasteiger partial charge in [-0.15, -0.1) is 5.10 Å². The fourth-order valence-corrected chi connectivity index (χ4v) is 2.68. The summed E-state index contributed by atoms with van der Waals surface area (Å²) >= 11 is 0. The zero-order valence-electron chi connectivity index (χ0n) is 10.5. The Balaban J connectivity index is 1.99. The first-order valence-electron chi connectivity index (χ1n) is 6.50. The van der Waals surface area contributed by atoms with Crippen LogP contribution in [0.2, 0.25) is 0 Å². The maximum Gasteiger partial charge on any atom is 0.348 e. The fourth-order valence-electron chi connectivity index (χ4n) is 2.68. The molecule has 1 N–H and O–H groups in total. The molecule has 0 amide bonds. The molecule has 1 aliphatic rings. The third-order valence-electron chi connectivity index (χ3n) is 3.67. The first-order valence-corrected chi connectivity index (χ1v) is 6.50. The molecular weight excluding hydrogens is 230 g/mol. The Morgan fingerprint density at radius 3 is 3.22 bits per heavy atom. The molecule has 0 saturated carbocycles. The second-order valence-corrected chi connectivity index (χ2v) is 4.74. The number of nitrogens with zero attached hydrogens (tertiary/aromatic N) is 4. The minimum atomic E-state index is -0.241. The van der Waals surface area contributed by atoms with E-state index in [1.165, 1.54) is 23.7 Å². The van der Waals surface area contributed by atoms with E-state index in [4.69, 9.17) is 0 Å². The normalized spacial score (nSPS) is 20.5. The monoisotopic (exact) mass is 247 g/mol. The summed E-state index contributed by atoms with van der Waals surface area (Å²) in [6, 6.07) is 2.46. The molecule has 0 aliphatic carbocycles. The summed E-state index contributed by atoms with van der Waals surface area (Å²) in [6.45, 7) is 3.25. The highest BCUT2D eigenvalue weighted by Gasteiger charge is 2.22. The van der Waals surface area contributed by atoms with E-state index in [0.717, 1.165) is 18.8 Å². The number of anilines is 1. The highest BCUT2D eigenvalue weighted by Crippen LogP contribution is 2.24. The molecule has 1 saturated heterocycles. The van der Waals surface area contributed by atoms with E-state index in [1.54, 1.807) is 6.20 Å². The number of nitrogens with one attached hydrogen (secondary N) is 1. The molecule has 0 aromatic carbocycles. The minimum absolute atomic E-state index is 0.241. The number of aromatic amines is 1. The van der Waals surface area contributed by atoms with Gasteiger partial charge in [0.2, 0.25) is 0 Å². The van der Waals surface area contributed by atoms with Crippen LogP contribution >= 0.6 is 0 Å². The van der Waals surface area contributed by atoms with E-state index in [2.05, 4.69) is 27.0 Å². The number of fused-ring (bicyclic) bond motifs is 1. The van der Waals surface area contributed by atoms with Crippen molar-refractivity contribution in [2.75, 3.05) is 11.4 Å². The van der Waals surface area contributed by atoms with Crippen LogP contribution in [0.25, 0.3) is 5.78 Å². The van der Waals surface area contributed by atoms with E-state index in [9.17, 15) is 4.79 Å². The molecule has 1 unspecified atom stereocenters. The van der Waals surface area contributed by atoms with Gasteiger partial charge in [0.1, 0.15) is 5.82 Å². The number of hydrogen-bond donors (Lipinski definition) is 1. The van der Waals surface area contributed by atoms with Gasteiger partial charge in [-0.05, 0) is 31.7 Å². The smallest absolute Gasteiger partial charge is 0.348 e. The first kappa shape index (κ1) is 11.3. The lowest BCUT2D eigenvalue weighted by Crippen LogP contribution is -2.39. The number of aromatic nitrogens is 4. The van der Waals surface area contributed by atoms with E-state index in [1.807, 2.05) is 6.07 Å². The van der Waals surface area contributed by atoms with Gasteiger partial charge in [0.05, 0.1) is 0 Å². The Morgan fingerprint density at radius 2 is 2.39 bits per heavy atom. The van der Waals surface area contributed by atoms with Crippen molar-refractivity contribution in [2.24, 2.45) is 0 Å². The van der Waals surface area contributed by atoms with E-state index in [-0.39, 0.29) is 5.69 Å². The van der Waals surface area contributed by atoms with Gasteiger partial charge in [-0.3, -0.25) is 0 Å². The van der Waals surface area contributed by atoms with Crippen LogP contribution in [0.4, 0.5) is 5.82 Å². The maximum absolute atomic E-state index is 11.4. The van der Waals surface area contributed by atoms with Crippen molar-refractivity contribution in [3.8, 4) is 0 Å². The SMILES string of the molecule is CCC1CCCCN1c1ccn2c(=O)[nH]nc2n1. The number of piperidine rings is 1. The summed E-state index contributed by atoms with van der Waals surface area (Å²) in [4.78, 5) is 18.2. The van der Waals surface area contributed by atoms with E-state index in [0.29, 0.717) is 11.8 Å². The average Bonchev–Trinajstić information content (AvgIpc) is 2.80. The fraction of sp³-hybridized carbons (Fsp3) is 0.583. The van der Waals surface area contributed by atoms with Crippen molar-refractivity contribution in [1.29, 1.82) is 0 Å². The highest BCUT2D eigenvalue weighted by atomic mass is 16.1. The zero-order chi connectivity index (χ0) is 12.5. The van der Waals surface area contributed by atoms with Gasteiger partial charge in [0, 0.05) is 18.8 Å². The van der Waals surface area contributed by atoms with Crippen molar-refractivity contribution in [3.63, 3.8) is 0 Å². The number of rotatable bonds is 2. The lowest BCUT2D eigenvalue weighted by molar-refractivity contribution is 0.447. The zero-order valence-corrected chi connectivity index (χ0v) is 10.5. The Hall–Kier alpha value is -1.85. The number of hydrogen-bond acceptors (Lipinski definition) is 4. The molecule has 2 aromatic heterocycles. The van der Waals surface area contributed by atoms with Gasteiger partial charge in [-0.25, -0.2) is 14.3 Å². The summed E-state index contributed by atoms with van der Waals surface area (Å²) < 4.78 is 1.42. The molecule has 2 aromatic rings. The van der Waals surface area contributed by atoms with Gasteiger partial charge < -0.3 is 4.90 Å². The predicted molar refractivity (Wildman–Crippen MR) is 68.9 cm³/mol. The quantitative estimate of drug-likeness (QED) is 0.865. The first-order chi connectivity index (χ1) is 8.79. The average molecular weight is 247 g/mol. The van der Waals surface area contributed by atoms with E-state index < -0.39 is 0 Å². The molecule has 96 valence electrons. The maximum atomic E-state index is 11.4. The van der Waals surface area contributed by atoms with Crippen LogP contribution in [-0.2, 0) is 0 Å². The Labute approximate surface area is 105 Å². The summed E-state index contributed by atoms with van der Waals surface area (Å²) in [5.74, 6) is 1.37. The van der Waals surface area contributed by atoms with Crippen molar-refractivity contribution in [3.05, 3.63) is 22.7 Å². The molecule has 18 heavy (non-hydrogen) atoms. The summed E-state index contributed by atoms with van der Waals surface area (Å²) in [6.07, 6.45) is 6.58. The Bertz CT molecular complexity index is 602. The van der Waals surface area contributed by atoms with Crippen LogP contribution in [-0.4, -0.2) is 32.2 Å². The molecule has 3 rings (SSSR count). The summed E-state index contributed by atoms with van der Waals surface area (Å²) in [5.41, 5.74) is -0.241. The van der Waals surface area contributed by atoms with Crippen LogP contribution in [0, 0.1) is 0 Å². The van der Waals surface area contributed by atoms with Crippen LogP contribution in [0.1, 0.15) is 32.6 Å². The number of H-pyrrole nitrogens is 1. The molecule has 6 heteroatoms. The van der Waals surface area contributed by atoms with E-state index >= 15 is 0 Å². The summed E-state index contributed by atoms with van der Waals surface area (Å²) in [7, 11) is 0. The van der Waals surface area contributed by atoms with Gasteiger partial charge in [-0.1, -0.05) is 6.92 Å².